The first kappa shape index (κ1) is 14.0. The van der Waals surface area contributed by atoms with E-state index in [0.717, 1.165) is 13.0 Å². The molecular formula is C12H21ClN4. The van der Waals surface area contributed by atoms with Crippen molar-refractivity contribution in [2.75, 3.05) is 17.2 Å². The molecule has 0 amide bonds. The van der Waals surface area contributed by atoms with Crippen LogP contribution in [-0.4, -0.2) is 22.6 Å². The van der Waals surface area contributed by atoms with Crippen LogP contribution < -0.4 is 10.6 Å². The summed E-state index contributed by atoms with van der Waals surface area (Å²) in [7, 11) is 0. The highest BCUT2D eigenvalue weighted by Gasteiger charge is 2.11. The Balaban J connectivity index is 2.75. The summed E-state index contributed by atoms with van der Waals surface area (Å²) < 4.78 is 0. The number of aromatic nitrogens is 2. The topological polar surface area (TPSA) is 49.8 Å². The summed E-state index contributed by atoms with van der Waals surface area (Å²) >= 11 is 6.06. The molecule has 2 N–H and O–H groups in total. The van der Waals surface area contributed by atoms with E-state index in [0.29, 0.717) is 28.7 Å². The molecule has 1 rings (SSSR count). The van der Waals surface area contributed by atoms with Crippen LogP contribution in [0.25, 0.3) is 0 Å². The van der Waals surface area contributed by atoms with Crippen molar-refractivity contribution >= 4 is 23.4 Å². The van der Waals surface area contributed by atoms with Crippen molar-refractivity contribution in [3.05, 3.63) is 11.2 Å². The largest absolute Gasteiger partial charge is 0.366 e. The minimum atomic E-state index is 0.321. The first-order chi connectivity index (χ1) is 8.04. The normalized spacial score (nSPS) is 12.6. The van der Waals surface area contributed by atoms with E-state index in [1.165, 1.54) is 0 Å². The first-order valence-electron chi connectivity index (χ1n) is 6.07. The van der Waals surface area contributed by atoms with E-state index in [2.05, 4.69) is 48.3 Å². The van der Waals surface area contributed by atoms with E-state index in [4.69, 9.17) is 11.6 Å². The summed E-state index contributed by atoms with van der Waals surface area (Å²) in [5.74, 6) is 1.84. The van der Waals surface area contributed by atoms with Crippen LogP contribution in [-0.2, 0) is 0 Å². The lowest BCUT2D eigenvalue weighted by Crippen LogP contribution is -2.22. The smallest absolute Gasteiger partial charge is 0.224 e. The zero-order chi connectivity index (χ0) is 12.8. The van der Waals surface area contributed by atoms with Gasteiger partial charge in [-0.2, -0.15) is 4.98 Å². The number of rotatable bonds is 6. The molecule has 5 heteroatoms. The van der Waals surface area contributed by atoms with Crippen LogP contribution in [0.1, 0.15) is 34.1 Å². The lowest BCUT2D eigenvalue weighted by Gasteiger charge is -2.19. The Labute approximate surface area is 108 Å². The van der Waals surface area contributed by atoms with E-state index in [1.807, 2.05) is 0 Å². The van der Waals surface area contributed by atoms with E-state index in [1.54, 1.807) is 6.20 Å². The maximum atomic E-state index is 6.06. The van der Waals surface area contributed by atoms with Crippen molar-refractivity contribution < 1.29 is 0 Å². The van der Waals surface area contributed by atoms with Crippen LogP contribution in [0.3, 0.4) is 0 Å². The number of hydrogen-bond donors (Lipinski definition) is 2. The molecule has 0 aliphatic rings. The summed E-state index contributed by atoms with van der Waals surface area (Å²) in [6.45, 7) is 9.39. The van der Waals surface area contributed by atoms with E-state index in [-0.39, 0.29) is 0 Å². The lowest BCUT2D eigenvalue weighted by molar-refractivity contribution is 0.558. The molecule has 0 bridgehead atoms. The maximum Gasteiger partial charge on any atom is 0.224 e. The highest BCUT2D eigenvalue weighted by Crippen LogP contribution is 2.21. The van der Waals surface area contributed by atoms with Gasteiger partial charge >= 0.3 is 0 Å². The fraction of sp³-hybridized carbons (Fsp3) is 0.667. The third-order valence-corrected chi connectivity index (χ3v) is 2.92. The standard InChI is InChI=1S/C12H21ClN4/c1-5-6-14-12-15-7-10(13)11(17-12)16-9(4)8(2)3/h7-9H,5-6H2,1-4H3,(H2,14,15,16,17). The average Bonchev–Trinajstić information content (AvgIpc) is 2.29. The van der Waals surface area contributed by atoms with Gasteiger partial charge in [0.2, 0.25) is 5.95 Å². The second kappa shape index (κ2) is 6.64. The van der Waals surface area contributed by atoms with Gasteiger partial charge in [0.05, 0.1) is 6.20 Å². The van der Waals surface area contributed by atoms with Crippen LogP contribution in [0.2, 0.25) is 5.02 Å². The summed E-state index contributed by atoms with van der Waals surface area (Å²) in [6, 6.07) is 0.321. The molecule has 96 valence electrons. The van der Waals surface area contributed by atoms with Crippen LogP contribution in [0.5, 0.6) is 0 Å². The van der Waals surface area contributed by atoms with Gasteiger partial charge in [0, 0.05) is 12.6 Å². The van der Waals surface area contributed by atoms with Crippen molar-refractivity contribution in [2.24, 2.45) is 5.92 Å². The molecule has 1 unspecified atom stereocenters. The molecule has 0 saturated heterocycles. The Hall–Kier alpha value is -1.03. The Kier molecular flexibility index (Phi) is 5.48. The van der Waals surface area contributed by atoms with Gasteiger partial charge in [-0.15, -0.1) is 0 Å². The van der Waals surface area contributed by atoms with Gasteiger partial charge < -0.3 is 10.6 Å². The minimum absolute atomic E-state index is 0.321. The fourth-order valence-corrected chi connectivity index (χ4v) is 1.32. The Bertz CT molecular complexity index is 354. The van der Waals surface area contributed by atoms with Gasteiger partial charge in [0.25, 0.3) is 0 Å². The Morgan fingerprint density at radius 3 is 2.65 bits per heavy atom. The molecule has 17 heavy (non-hydrogen) atoms. The molecule has 0 radical (unpaired) electrons. The summed E-state index contributed by atoms with van der Waals surface area (Å²) in [4.78, 5) is 8.50. The highest BCUT2D eigenvalue weighted by molar-refractivity contribution is 6.32. The average molecular weight is 257 g/mol. The number of nitrogens with one attached hydrogen (secondary N) is 2. The zero-order valence-corrected chi connectivity index (χ0v) is 11.7. The molecule has 1 aromatic heterocycles. The molecule has 0 aliphatic heterocycles. The number of hydrogen-bond acceptors (Lipinski definition) is 4. The molecule has 1 heterocycles. The van der Waals surface area contributed by atoms with Crippen molar-refractivity contribution in [3.8, 4) is 0 Å². The number of anilines is 2. The maximum absolute atomic E-state index is 6.06. The number of halogens is 1. The third-order valence-electron chi connectivity index (χ3n) is 2.64. The second-order valence-electron chi connectivity index (χ2n) is 4.49. The number of nitrogens with zero attached hydrogens (tertiary/aromatic N) is 2. The van der Waals surface area contributed by atoms with Gasteiger partial charge in [-0.25, -0.2) is 4.98 Å². The first-order valence-corrected chi connectivity index (χ1v) is 6.45. The van der Waals surface area contributed by atoms with Crippen LogP contribution in [0.4, 0.5) is 11.8 Å². The molecule has 0 aromatic carbocycles. The summed E-state index contributed by atoms with van der Waals surface area (Å²) in [6.07, 6.45) is 2.67. The second-order valence-corrected chi connectivity index (χ2v) is 4.90. The molecular weight excluding hydrogens is 236 g/mol. The SMILES string of the molecule is CCCNc1ncc(Cl)c(NC(C)C(C)C)n1. The van der Waals surface area contributed by atoms with Crippen molar-refractivity contribution in [1.29, 1.82) is 0 Å². The van der Waals surface area contributed by atoms with E-state index in [9.17, 15) is 0 Å². The van der Waals surface area contributed by atoms with Crippen molar-refractivity contribution in [2.45, 2.75) is 40.2 Å². The zero-order valence-electron chi connectivity index (χ0n) is 10.9. The van der Waals surface area contributed by atoms with E-state index >= 15 is 0 Å². The molecule has 4 nitrogen and oxygen atoms in total. The van der Waals surface area contributed by atoms with Gasteiger partial charge in [-0.3, -0.25) is 0 Å². The van der Waals surface area contributed by atoms with Gasteiger partial charge in [-0.05, 0) is 19.3 Å². The third kappa shape index (κ3) is 4.38. The molecule has 0 aliphatic carbocycles. The molecule has 1 atom stereocenters. The highest BCUT2D eigenvalue weighted by atomic mass is 35.5. The van der Waals surface area contributed by atoms with Crippen LogP contribution in [0, 0.1) is 5.92 Å². The van der Waals surface area contributed by atoms with Gasteiger partial charge in [-0.1, -0.05) is 32.4 Å². The van der Waals surface area contributed by atoms with Crippen LogP contribution >= 0.6 is 11.6 Å². The minimum Gasteiger partial charge on any atom is -0.366 e. The molecule has 1 aromatic rings. The summed E-state index contributed by atoms with van der Waals surface area (Å²) in [5, 5.41) is 7.00. The lowest BCUT2D eigenvalue weighted by atomic mass is 10.1. The van der Waals surface area contributed by atoms with Gasteiger partial charge in [0.15, 0.2) is 5.82 Å². The Morgan fingerprint density at radius 2 is 2.06 bits per heavy atom. The quantitative estimate of drug-likeness (QED) is 0.819. The fourth-order valence-electron chi connectivity index (χ4n) is 1.17. The summed E-state index contributed by atoms with van der Waals surface area (Å²) in [5.41, 5.74) is 0. The monoisotopic (exact) mass is 256 g/mol. The Morgan fingerprint density at radius 1 is 1.35 bits per heavy atom. The van der Waals surface area contributed by atoms with E-state index < -0.39 is 0 Å². The van der Waals surface area contributed by atoms with Crippen LogP contribution in [0.15, 0.2) is 6.20 Å². The molecule has 0 saturated carbocycles. The molecule has 0 fully saturated rings. The van der Waals surface area contributed by atoms with Crippen molar-refractivity contribution in [1.82, 2.24) is 9.97 Å². The molecule has 0 spiro atoms. The predicted octanol–water partition coefficient (Wildman–Crippen LogP) is 3.41. The predicted molar refractivity (Wildman–Crippen MR) is 73.7 cm³/mol. The van der Waals surface area contributed by atoms with Gasteiger partial charge in [0.1, 0.15) is 5.02 Å². The van der Waals surface area contributed by atoms with Crippen molar-refractivity contribution in [3.63, 3.8) is 0 Å².